The molecule has 5 unspecified atom stereocenters. The van der Waals surface area contributed by atoms with Gasteiger partial charge in [-0.25, -0.2) is 4.28 Å². The average molecular weight is 425 g/mol. The molecule has 1 aliphatic heterocycles. The van der Waals surface area contributed by atoms with E-state index in [9.17, 15) is 34.0 Å². The Morgan fingerprint density at radius 2 is 1.78 bits per heavy atom. The molecule has 5 atom stereocenters. The van der Waals surface area contributed by atoms with Gasteiger partial charge in [0.15, 0.2) is 0 Å². The third-order valence-corrected chi connectivity index (χ3v) is 5.00. The summed E-state index contributed by atoms with van der Waals surface area (Å²) in [7, 11) is -4.88. The van der Waals surface area contributed by atoms with E-state index in [2.05, 4.69) is 9.44 Å². The van der Waals surface area contributed by atoms with Crippen molar-refractivity contribution in [3.63, 3.8) is 0 Å². The molecule has 1 aromatic carbocycles. The number of hydrogen-bond donors (Lipinski definition) is 6. The van der Waals surface area contributed by atoms with Crippen LogP contribution in [0.15, 0.2) is 29.4 Å². The second-order valence-corrected chi connectivity index (χ2v) is 7.82. The van der Waals surface area contributed by atoms with Crippen molar-refractivity contribution in [2.45, 2.75) is 36.3 Å². The lowest BCUT2D eigenvalue weighted by molar-refractivity contribution is -0.205. The van der Waals surface area contributed by atoms with Crippen LogP contribution in [-0.4, -0.2) is 80.0 Å². The van der Waals surface area contributed by atoms with Crippen LogP contribution in [0.5, 0.6) is 5.75 Å². The number of rotatable bonds is 6. The normalized spacial score (nSPS) is 29.5. The number of benzene rings is 1. The molecule has 11 nitrogen and oxygen atoms in total. The summed E-state index contributed by atoms with van der Waals surface area (Å²) in [4.78, 5) is 0. The molecule has 152 valence electrons. The monoisotopic (exact) mass is 425 g/mol. The number of hydrogen-bond acceptors (Lipinski definition) is 11. The first-order chi connectivity index (χ1) is 12.6. The Balaban J connectivity index is 2.20. The van der Waals surface area contributed by atoms with E-state index in [-0.39, 0.29) is 17.2 Å². The van der Waals surface area contributed by atoms with Crippen molar-refractivity contribution >= 4 is 27.2 Å². The summed E-state index contributed by atoms with van der Waals surface area (Å²) in [5.41, 5.74) is -0.649. The van der Waals surface area contributed by atoms with E-state index in [4.69, 9.17) is 9.29 Å². The zero-order valence-corrected chi connectivity index (χ0v) is 15.3. The topological polar surface area (TPSA) is 186 Å². The van der Waals surface area contributed by atoms with Crippen LogP contribution in [-0.2, 0) is 25.8 Å². The highest BCUT2D eigenvalue weighted by atomic mass is 32.3. The van der Waals surface area contributed by atoms with Crippen LogP contribution in [0.2, 0.25) is 0 Å². The smallest absolute Gasteiger partial charge is 0.466 e. The van der Waals surface area contributed by atoms with Crippen LogP contribution >= 0.6 is 11.8 Å². The summed E-state index contributed by atoms with van der Waals surface area (Å²) < 4.78 is 39.6. The zero-order valence-electron chi connectivity index (χ0n) is 13.7. The molecule has 13 heteroatoms. The maximum absolute atomic E-state index is 10.8. The zero-order chi connectivity index (χ0) is 20.2. The van der Waals surface area contributed by atoms with E-state index in [1.54, 1.807) is 0 Å². The van der Waals surface area contributed by atoms with Crippen LogP contribution < -0.4 is 0 Å². The summed E-state index contributed by atoms with van der Waals surface area (Å²) in [6.45, 7) is -0.631. The predicted octanol–water partition coefficient (Wildman–Crippen LogP) is -1.40. The van der Waals surface area contributed by atoms with Crippen LogP contribution in [0, 0.1) is 0 Å². The van der Waals surface area contributed by atoms with Gasteiger partial charge in [-0.2, -0.15) is 8.42 Å². The molecule has 0 aromatic heterocycles. The first-order valence-electron chi connectivity index (χ1n) is 7.58. The Bertz CT molecular complexity index is 752. The molecule has 1 heterocycles. The first kappa shape index (κ1) is 21.8. The molecule has 1 saturated heterocycles. The molecule has 27 heavy (non-hydrogen) atoms. The second-order valence-electron chi connectivity index (χ2n) is 5.65. The third kappa shape index (κ3) is 6.29. The fourth-order valence-electron chi connectivity index (χ4n) is 2.27. The minimum atomic E-state index is -4.88. The minimum absolute atomic E-state index is 0.00742. The Morgan fingerprint density at radius 1 is 1.15 bits per heavy atom. The summed E-state index contributed by atoms with van der Waals surface area (Å²) >= 11 is 0.671. The van der Waals surface area contributed by atoms with Gasteiger partial charge in [0.05, 0.1) is 6.61 Å². The molecule has 0 saturated carbocycles. The maximum Gasteiger partial charge on any atom is 0.466 e. The van der Waals surface area contributed by atoms with Crippen LogP contribution in [0.3, 0.4) is 0 Å². The van der Waals surface area contributed by atoms with Gasteiger partial charge >= 0.3 is 10.4 Å². The SMILES string of the molecule is O=S(=O)(O)O/N=C(\Cc1ccc(O)cc1)SC1OC(CO)C(O)C(O)C1O. The van der Waals surface area contributed by atoms with Crippen molar-refractivity contribution in [3.05, 3.63) is 29.8 Å². The van der Waals surface area contributed by atoms with Gasteiger partial charge in [-0.05, 0) is 17.7 Å². The van der Waals surface area contributed by atoms with Crippen LogP contribution in [0.4, 0.5) is 0 Å². The molecular weight excluding hydrogens is 406 g/mol. The molecule has 0 bridgehead atoms. The molecule has 6 N–H and O–H groups in total. The summed E-state index contributed by atoms with van der Waals surface area (Å²) in [5, 5.41) is 51.4. The van der Waals surface area contributed by atoms with Gasteiger partial charge in [-0.3, -0.25) is 4.55 Å². The number of oxime groups is 1. The fraction of sp³-hybridized carbons (Fsp3) is 0.500. The Kier molecular flexibility index (Phi) is 7.41. The summed E-state index contributed by atoms with van der Waals surface area (Å²) in [6, 6.07) is 5.81. The van der Waals surface area contributed by atoms with Crippen molar-refractivity contribution < 1.29 is 47.5 Å². The quantitative estimate of drug-likeness (QED) is 0.136. The molecular formula is C14H19NO10S2. The Morgan fingerprint density at radius 3 is 2.33 bits per heavy atom. The van der Waals surface area contributed by atoms with E-state index in [1.165, 1.54) is 24.3 Å². The van der Waals surface area contributed by atoms with Gasteiger partial charge in [0.25, 0.3) is 0 Å². The predicted molar refractivity (Wildman–Crippen MR) is 93.2 cm³/mol. The highest BCUT2D eigenvalue weighted by molar-refractivity contribution is 8.14. The van der Waals surface area contributed by atoms with Crippen molar-refractivity contribution in [1.82, 2.24) is 0 Å². The van der Waals surface area contributed by atoms with Crippen LogP contribution in [0.25, 0.3) is 0 Å². The lowest BCUT2D eigenvalue weighted by atomic mass is 10.0. The van der Waals surface area contributed by atoms with Gasteiger partial charge in [0.1, 0.15) is 40.6 Å². The number of aromatic hydroxyl groups is 1. The molecule has 1 aliphatic rings. The van der Waals surface area contributed by atoms with Gasteiger partial charge < -0.3 is 30.3 Å². The van der Waals surface area contributed by atoms with E-state index < -0.39 is 46.9 Å². The maximum atomic E-state index is 10.8. The van der Waals surface area contributed by atoms with Gasteiger partial charge in [-0.15, -0.1) is 0 Å². The highest BCUT2D eigenvalue weighted by Gasteiger charge is 2.44. The number of phenolic OH excluding ortho intramolecular Hbond substituents is 1. The molecule has 0 aliphatic carbocycles. The lowest BCUT2D eigenvalue weighted by Gasteiger charge is -2.39. The summed E-state index contributed by atoms with van der Waals surface area (Å²) in [6.07, 6.45) is -5.93. The van der Waals surface area contributed by atoms with Crippen molar-refractivity contribution in [3.8, 4) is 5.75 Å². The highest BCUT2D eigenvalue weighted by Crippen LogP contribution is 2.30. The van der Waals surface area contributed by atoms with Crippen molar-refractivity contribution in [2.24, 2.45) is 5.16 Å². The number of aliphatic hydroxyl groups excluding tert-OH is 4. The molecule has 2 rings (SSSR count). The number of thioether (sulfide) groups is 1. The number of phenols is 1. The third-order valence-electron chi connectivity index (χ3n) is 3.63. The largest absolute Gasteiger partial charge is 0.508 e. The summed E-state index contributed by atoms with van der Waals surface area (Å²) in [5.74, 6) is 0.00742. The Hall–Kier alpha value is -1.45. The van der Waals surface area contributed by atoms with Crippen LogP contribution in [0.1, 0.15) is 5.56 Å². The first-order valence-corrected chi connectivity index (χ1v) is 9.83. The Labute approximate surface area is 158 Å². The van der Waals surface area contributed by atoms with Crippen molar-refractivity contribution in [2.75, 3.05) is 6.61 Å². The van der Waals surface area contributed by atoms with Gasteiger partial charge in [0, 0.05) is 6.42 Å². The van der Waals surface area contributed by atoms with E-state index >= 15 is 0 Å². The average Bonchev–Trinajstić information content (AvgIpc) is 2.61. The van der Waals surface area contributed by atoms with Crippen molar-refractivity contribution in [1.29, 1.82) is 0 Å². The number of nitrogens with zero attached hydrogens (tertiary/aromatic N) is 1. The van der Waals surface area contributed by atoms with Gasteiger partial charge in [0.2, 0.25) is 0 Å². The number of ether oxygens (including phenoxy) is 1. The molecule has 0 spiro atoms. The molecule has 0 amide bonds. The molecule has 1 fully saturated rings. The minimum Gasteiger partial charge on any atom is -0.508 e. The second kappa shape index (κ2) is 9.16. The lowest BCUT2D eigenvalue weighted by Crippen LogP contribution is -2.57. The molecule has 0 radical (unpaired) electrons. The standard InChI is InChI=1S/C14H19NO10S2/c16-6-9-11(18)12(19)13(20)14(24-9)26-10(15-25-27(21,22)23)5-7-1-3-8(17)4-2-7/h1-4,9,11-14,16-20H,5-6H2,(H,21,22,23)/b15-10+. The van der Waals surface area contributed by atoms with Gasteiger partial charge in [-0.1, -0.05) is 29.1 Å². The van der Waals surface area contributed by atoms with E-state index in [0.29, 0.717) is 17.3 Å². The van der Waals surface area contributed by atoms with E-state index in [0.717, 1.165) is 0 Å². The number of aliphatic hydroxyl groups is 4. The van der Waals surface area contributed by atoms with E-state index in [1.807, 2.05) is 0 Å². The molecule has 1 aromatic rings. The fourth-order valence-corrected chi connectivity index (χ4v) is 3.60.